The van der Waals surface area contributed by atoms with E-state index in [0.717, 1.165) is 0 Å². The molecule has 0 aliphatic heterocycles. The number of hydrogen-bond acceptors (Lipinski definition) is 1. The van der Waals surface area contributed by atoms with Crippen molar-refractivity contribution in [3.8, 4) is 0 Å². The predicted octanol–water partition coefficient (Wildman–Crippen LogP) is 4.18. The molecule has 0 aromatic heterocycles. The Morgan fingerprint density at radius 2 is 1.41 bits per heavy atom. The van der Waals surface area contributed by atoms with Gasteiger partial charge in [0.15, 0.2) is 14.5 Å². The van der Waals surface area contributed by atoms with E-state index in [4.69, 9.17) is 4.43 Å². The van der Waals surface area contributed by atoms with Gasteiger partial charge in [0.05, 0.1) is 6.10 Å². The van der Waals surface area contributed by atoms with Gasteiger partial charge in [-0.2, -0.15) is 0 Å². The van der Waals surface area contributed by atoms with E-state index in [-0.39, 0.29) is 17.9 Å². The average Bonchev–Trinajstić information content (AvgIpc) is 2.11. The van der Waals surface area contributed by atoms with Crippen molar-refractivity contribution in [2.24, 2.45) is 0 Å². The van der Waals surface area contributed by atoms with E-state index in [9.17, 15) is 13.2 Å². The topological polar surface area (TPSA) is 9.23 Å². The van der Waals surface area contributed by atoms with Crippen molar-refractivity contribution in [3.05, 3.63) is 0 Å². The van der Waals surface area contributed by atoms with Crippen molar-refractivity contribution < 1.29 is 17.6 Å². The summed E-state index contributed by atoms with van der Waals surface area (Å²) in [5.41, 5.74) is 0. The molecule has 1 aliphatic rings. The van der Waals surface area contributed by atoms with E-state index in [0.29, 0.717) is 0 Å². The van der Waals surface area contributed by atoms with Crippen LogP contribution >= 0.6 is 0 Å². The Kier molecular flexibility index (Phi) is 4.35. The standard InChI is InChI=1S/C12H23F3OSi/c1-12(2,3)17(4,5)16-8-6-9(13)11(15)10(14)7-8/h8-11H,6-7H2,1-5H3/t8-,9+,10-,11+. The molecule has 0 saturated heterocycles. The molecule has 0 aromatic rings. The zero-order chi connectivity index (χ0) is 13.4. The molecule has 1 nitrogen and oxygen atoms in total. The van der Waals surface area contributed by atoms with Gasteiger partial charge < -0.3 is 4.43 Å². The Morgan fingerprint density at radius 1 is 1.00 bits per heavy atom. The molecule has 0 amide bonds. The van der Waals surface area contributed by atoms with Crippen LogP contribution in [-0.4, -0.2) is 32.9 Å². The third-order valence-corrected chi connectivity index (χ3v) is 8.47. The summed E-state index contributed by atoms with van der Waals surface area (Å²) in [7, 11) is -2.03. The molecule has 17 heavy (non-hydrogen) atoms. The zero-order valence-corrected chi connectivity index (χ0v) is 12.3. The fourth-order valence-corrected chi connectivity index (χ4v) is 3.15. The van der Waals surface area contributed by atoms with Gasteiger partial charge in [0.25, 0.3) is 0 Å². The highest BCUT2D eigenvalue weighted by Gasteiger charge is 2.44. The molecule has 0 bridgehead atoms. The zero-order valence-electron chi connectivity index (χ0n) is 11.3. The van der Waals surface area contributed by atoms with Gasteiger partial charge in [-0.05, 0) is 18.1 Å². The van der Waals surface area contributed by atoms with E-state index < -0.39 is 32.9 Å². The first-order valence-electron chi connectivity index (χ1n) is 6.14. The van der Waals surface area contributed by atoms with Crippen LogP contribution in [0.2, 0.25) is 18.1 Å². The molecule has 0 spiro atoms. The number of alkyl halides is 3. The first-order chi connectivity index (χ1) is 7.54. The van der Waals surface area contributed by atoms with Crippen molar-refractivity contribution >= 4 is 8.32 Å². The molecule has 1 aliphatic carbocycles. The van der Waals surface area contributed by atoms with E-state index in [1.165, 1.54) is 0 Å². The van der Waals surface area contributed by atoms with Gasteiger partial charge in [-0.25, -0.2) is 13.2 Å². The number of hydrogen-bond donors (Lipinski definition) is 0. The van der Waals surface area contributed by atoms with Gasteiger partial charge in [-0.1, -0.05) is 20.8 Å². The lowest BCUT2D eigenvalue weighted by Crippen LogP contribution is -2.48. The average molecular weight is 268 g/mol. The molecule has 1 saturated carbocycles. The quantitative estimate of drug-likeness (QED) is 0.682. The highest BCUT2D eigenvalue weighted by atomic mass is 28.4. The maximum atomic E-state index is 13.3. The minimum absolute atomic E-state index is 0.00280. The largest absolute Gasteiger partial charge is 0.414 e. The summed E-state index contributed by atoms with van der Waals surface area (Å²) in [6.07, 6.45) is -5.95. The van der Waals surface area contributed by atoms with Gasteiger partial charge in [-0.15, -0.1) is 0 Å². The van der Waals surface area contributed by atoms with E-state index in [2.05, 4.69) is 20.8 Å². The minimum Gasteiger partial charge on any atom is -0.414 e. The first-order valence-corrected chi connectivity index (χ1v) is 9.05. The van der Waals surface area contributed by atoms with Crippen LogP contribution in [-0.2, 0) is 4.43 Å². The summed E-state index contributed by atoms with van der Waals surface area (Å²) >= 11 is 0. The SMILES string of the molecule is CC(C)(C)[Si](C)(C)O[C@H]1C[C@@H](F)[C@@H](F)[C@@H](F)C1. The Morgan fingerprint density at radius 3 is 1.76 bits per heavy atom. The highest BCUT2D eigenvalue weighted by molar-refractivity contribution is 6.74. The van der Waals surface area contributed by atoms with Crippen molar-refractivity contribution in [2.45, 2.75) is 76.4 Å². The predicted molar refractivity (Wildman–Crippen MR) is 66.0 cm³/mol. The smallest absolute Gasteiger partial charge is 0.192 e. The molecule has 102 valence electrons. The Bertz CT molecular complexity index is 253. The summed E-state index contributed by atoms with van der Waals surface area (Å²) in [6, 6.07) is 0. The fourth-order valence-electron chi connectivity index (χ4n) is 1.77. The Balaban J connectivity index is 2.65. The molecule has 1 fully saturated rings. The van der Waals surface area contributed by atoms with Crippen LogP contribution in [0.3, 0.4) is 0 Å². The molecule has 4 atom stereocenters. The third-order valence-electron chi connectivity index (χ3n) is 3.93. The van der Waals surface area contributed by atoms with E-state index in [1.54, 1.807) is 0 Å². The lowest BCUT2D eigenvalue weighted by Gasteiger charge is -2.41. The second kappa shape index (κ2) is 4.92. The summed E-state index contributed by atoms with van der Waals surface area (Å²) in [5, 5.41) is -0.00280. The van der Waals surface area contributed by atoms with Gasteiger partial charge in [0, 0.05) is 12.8 Å². The van der Waals surface area contributed by atoms with E-state index in [1.807, 2.05) is 13.1 Å². The number of rotatable bonds is 2. The summed E-state index contributed by atoms with van der Waals surface area (Å²) in [4.78, 5) is 0. The second-order valence-corrected chi connectivity index (χ2v) is 11.2. The van der Waals surface area contributed by atoms with Crippen LogP contribution in [0.25, 0.3) is 0 Å². The van der Waals surface area contributed by atoms with Crippen LogP contribution in [0.1, 0.15) is 33.6 Å². The molecular weight excluding hydrogens is 245 g/mol. The lowest BCUT2D eigenvalue weighted by molar-refractivity contribution is -0.0162. The molecule has 1 rings (SSSR count). The summed E-state index contributed by atoms with van der Waals surface area (Å²) in [6.45, 7) is 10.3. The van der Waals surface area contributed by atoms with Crippen molar-refractivity contribution in [1.82, 2.24) is 0 Å². The van der Waals surface area contributed by atoms with Crippen LogP contribution in [0.4, 0.5) is 13.2 Å². The Hall–Kier alpha value is -0.0331. The summed E-state index contributed by atoms with van der Waals surface area (Å²) in [5.74, 6) is 0. The second-order valence-electron chi connectivity index (χ2n) is 6.45. The highest BCUT2D eigenvalue weighted by Crippen LogP contribution is 2.40. The molecule has 0 N–H and O–H groups in total. The van der Waals surface area contributed by atoms with Crippen LogP contribution in [0.5, 0.6) is 0 Å². The first kappa shape index (κ1) is 15.0. The molecule has 0 unspecified atom stereocenters. The maximum absolute atomic E-state index is 13.3. The van der Waals surface area contributed by atoms with Gasteiger partial charge in [0.1, 0.15) is 12.3 Å². The van der Waals surface area contributed by atoms with Crippen LogP contribution in [0, 0.1) is 0 Å². The van der Waals surface area contributed by atoms with Gasteiger partial charge in [-0.3, -0.25) is 0 Å². The molecule has 0 heterocycles. The maximum Gasteiger partial charge on any atom is 0.192 e. The Labute approximate surface area is 103 Å². The number of halogens is 3. The van der Waals surface area contributed by atoms with Crippen molar-refractivity contribution in [1.29, 1.82) is 0 Å². The third kappa shape index (κ3) is 3.47. The monoisotopic (exact) mass is 268 g/mol. The molecule has 0 aromatic carbocycles. The lowest BCUT2D eigenvalue weighted by atomic mass is 9.93. The molecule has 0 radical (unpaired) electrons. The summed E-state index contributed by atoms with van der Waals surface area (Å²) < 4.78 is 45.5. The van der Waals surface area contributed by atoms with Crippen molar-refractivity contribution in [3.63, 3.8) is 0 Å². The van der Waals surface area contributed by atoms with Gasteiger partial charge in [0.2, 0.25) is 0 Å². The molecule has 5 heteroatoms. The van der Waals surface area contributed by atoms with Gasteiger partial charge >= 0.3 is 0 Å². The van der Waals surface area contributed by atoms with E-state index >= 15 is 0 Å². The molecular formula is C12H23F3OSi. The fraction of sp³-hybridized carbons (Fsp3) is 1.00. The van der Waals surface area contributed by atoms with Crippen molar-refractivity contribution in [2.75, 3.05) is 0 Å². The minimum atomic E-state index is -2.03. The van der Waals surface area contributed by atoms with Crippen LogP contribution < -0.4 is 0 Å². The normalized spacial score (nSPS) is 36.0. The van der Waals surface area contributed by atoms with Crippen LogP contribution in [0.15, 0.2) is 0 Å².